The van der Waals surface area contributed by atoms with Crippen molar-refractivity contribution in [3.05, 3.63) is 12.3 Å². The van der Waals surface area contributed by atoms with Crippen molar-refractivity contribution in [1.29, 1.82) is 0 Å². The molecule has 0 heterocycles. The topological polar surface area (TPSA) is 35.2 Å². The van der Waals surface area contributed by atoms with Crippen molar-refractivity contribution in [2.24, 2.45) is 5.73 Å². The Morgan fingerprint density at radius 2 is 1.91 bits per heavy atom. The highest BCUT2D eigenvalue weighted by Crippen LogP contribution is 2.19. The zero-order valence-electron chi connectivity index (χ0n) is 7.81. The first kappa shape index (κ1) is 10.5. The molecule has 0 amide bonds. The number of hydrogen-bond donors (Lipinski definition) is 1. The van der Waals surface area contributed by atoms with Crippen LogP contribution in [0.3, 0.4) is 0 Å². The van der Waals surface area contributed by atoms with Crippen LogP contribution in [0.4, 0.5) is 0 Å². The van der Waals surface area contributed by atoms with E-state index in [-0.39, 0.29) is 5.60 Å². The lowest BCUT2D eigenvalue weighted by Gasteiger charge is -2.27. The van der Waals surface area contributed by atoms with Gasteiger partial charge in [0.25, 0.3) is 0 Å². The Bertz CT molecular complexity index is 128. The molecule has 0 radical (unpaired) electrons. The first-order valence-corrected chi connectivity index (χ1v) is 4.11. The minimum Gasteiger partial charge on any atom is -0.401 e. The highest BCUT2D eigenvalue weighted by molar-refractivity contribution is 4.87. The monoisotopic (exact) mass is 157 g/mol. The summed E-state index contributed by atoms with van der Waals surface area (Å²) in [4.78, 5) is 0. The summed E-state index contributed by atoms with van der Waals surface area (Å²) in [6.45, 7) is 10.4. The van der Waals surface area contributed by atoms with E-state index < -0.39 is 0 Å². The molecule has 11 heavy (non-hydrogen) atoms. The summed E-state index contributed by atoms with van der Waals surface area (Å²) in [5.41, 5.74) is 5.96. The van der Waals surface area contributed by atoms with Gasteiger partial charge in [0, 0.05) is 5.70 Å². The largest absolute Gasteiger partial charge is 0.401 e. The Morgan fingerprint density at radius 1 is 1.45 bits per heavy atom. The lowest BCUT2D eigenvalue weighted by molar-refractivity contribution is -0.0253. The minimum atomic E-state index is -0.0255. The molecule has 66 valence electrons. The van der Waals surface area contributed by atoms with Gasteiger partial charge in [0.1, 0.15) is 0 Å². The molecular formula is C9H19NO. The van der Waals surface area contributed by atoms with Crippen LogP contribution in [0.15, 0.2) is 12.3 Å². The lowest BCUT2D eigenvalue weighted by atomic mass is 10.0. The number of nitrogens with two attached hydrogens (primary N) is 1. The van der Waals surface area contributed by atoms with Crippen LogP contribution in [0.5, 0.6) is 0 Å². The van der Waals surface area contributed by atoms with Gasteiger partial charge in [-0.05, 0) is 19.8 Å². The predicted octanol–water partition coefficient (Wildman–Crippen LogP) is 2.05. The lowest BCUT2D eigenvalue weighted by Crippen LogP contribution is -2.28. The van der Waals surface area contributed by atoms with Crippen LogP contribution in [0.1, 0.15) is 33.6 Å². The fourth-order valence-corrected chi connectivity index (χ4v) is 0.721. The molecule has 0 saturated carbocycles. The van der Waals surface area contributed by atoms with E-state index in [2.05, 4.69) is 27.4 Å². The van der Waals surface area contributed by atoms with E-state index in [0.29, 0.717) is 12.3 Å². The SMILES string of the molecule is C=C(N)COC(C)(CC)CC. The molecule has 0 bridgehead atoms. The van der Waals surface area contributed by atoms with Crippen molar-refractivity contribution in [2.45, 2.75) is 39.2 Å². The second-order valence-corrected chi connectivity index (χ2v) is 3.10. The van der Waals surface area contributed by atoms with Gasteiger partial charge in [0.15, 0.2) is 0 Å². The van der Waals surface area contributed by atoms with Crippen molar-refractivity contribution in [2.75, 3.05) is 6.61 Å². The number of hydrogen-bond acceptors (Lipinski definition) is 2. The fourth-order valence-electron chi connectivity index (χ4n) is 0.721. The van der Waals surface area contributed by atoms with Crippen LogP contribution in [-0.4, -0.2) is 12.2 Å². The fraction of sp³-hybridized carbons (Fsp3) is 0.778. The third-order valence-corrected chi connectivity index (χ3v) is 2.10. The van der Waals surface area contributed by atoms with Gasteiger partial charge in [0.05, 0.1) is 12.2 Å². The third kappa shape index (κ3) is 4.04. The van der Waals surface area contributed by atoms with Gasteiger partial charge in [-0.2, -0.15) is 0 Å². The molecule has 0 saturated heterocycles. The van der Waals surface area contributed by atoms with Gasteiger partial charge >= 0.3 is 0 Å². The van der Waals surface area contributed by atoms with Crippen molar-refractivity contribution in [1.82, 2.24) is 0 Å². The third-order valence-electron chi connectivity index (χ3n) is 2.10. The zero-order valence-corrected chi connectivity index (χ0v) is 7.81. The molecule has 0 aromatic carbocycles. The molecule has 0 fully saturated rings. The molecule has 2 heteroatoms. The molecule has 0 spiro atoms. The summed E-state index contributed by atoms with van der Waals surface area (Å²) in [6.07, 6.45) is 2.02. The maximum absolute atomic E-state index is 5.56. The summed E-state index contributed by atoms with van der Waals surface area (Å²) in [7, 11) is 0. The summed E-state index contributed by atoms with van der Waals surface area (Å²) in [5, 5.41) is 0. The second kappa shape index (κ2) is 4.39. The molecule has 2 N–H and O–H groups in total. The van der Waals surface area contributed by atoms with E-state index in [0.717, 1.165) is 12.8 Å². The highest BCUT2D eigenvalue weighted by atomic mass is 16.5. The normalized spacial score (nSPS) is 11.5. The van der Waals surface area contributed by atoms with Crippen LogP contribution in [0.25, 0.3) is 0 Å². The maximum atomic E-state index is 5.56. The van der Waals surface area contributed by atoms with E-state index in [9.17, 15) is 0 Å². The van der Waals surface area contributed by atoms with Crippen LogP contribution < -0.4 is 5.73 Å². The first-order valence-electron chi connectivity index (χ1n) is 4.11. The maximum Gasteiger partial charge on any atom is 0.0861 e. The predicted molar refractivity (Wildman–Crippen MR) is 48.3 cm³/mol. The summed E-state index contributed by atoms with van der Waals surface area (Å²) in [6, 6.07) is 0. The Morgan fingerprint density at radius 3 is 2.18 bits per heavy atom. The first-order chi connectivity index (χ1) is 5.04. The average Bonchev–Trinajstić information content (AvgIpc) is 2.00. The summed E-state index contributed by atoms with van der Waals surface area (Å²) >= 11 is 0. The molecule has 0 aromatic rings. The summed E-state index contributed by atoms with van der Waals surface area (Å²) in [5.74, 6) is 0. The van der Waals surface area contributed by atoms with Gasteiger partial charge in [-0.15, -0.1) is 0 Å². The molecule has 0 rings (SSSR count). The van der Waals surface area contributed by atoms with E-state index in [1.54, 1.807) is 0 Å². The van der Waals surface area contributed by atoms with Crippen LogP contribution >= 0.6 is 0 Å². The van der Waals surface area contributed by atoms with Crippen LogP contribution in [0, 0.1) is 0 Å². The van der Waals surface area contributed by atoms with Crippen molar-refractivity contribution in [3.63, 3.8) is 0 Å². The molecular weight excluding hydrogens is 138 g/mol. The zero-order chi connectivity index (χ0) is 8.91. The molecule has 0 aliphatic carbocycles. The van der Waals surface area contributed by atoms with Gasteiger partial charge in [-0.1, -0.05) is 20.4 Å². The van der Waals surface area contributed by atoms with Crippen molar-refractivity contribution >= 4 is 0 Å². The highest BCUT2D eigenvalue weighted by Gasteiger charge is 2.19. The van der Waals surface area contributed by atoms with Crippen LogP contribution in [0.2, 0.25) is 0 Å². The number of ether oxygens (including phenoxy) is 1. The van der Waals surface area contributed by atoms with E-state index >= 15 is 0 Å². The minimum absolute atomic E-state index is 0.0255. The van der Waals surface area contributed by atoms with E-state index in [1.807, 2.05) is 0 Å². The standard InChI is InChI=1S/C9H19NO/c1-5-9(4,6-2)11-7-8(3)10/h3,5-7,10H2,1-2,4H3. The molecule has 0 aliphatic rings. The van der Waals surface area contributed by atoms with Gasteiger partial charge in [0.2, 0.25) is 0 Å². The molecule has 0 aromatic heterocycles. The average molecular weight is 157 g/mol. The Hall–Kier alpha value is -0.500. The molecule has 0 unspecified atom stereocenters. The summed E-state index contributed by atoms with van der Waals surface area (Å²) < 4.78 is 5.56. The van der Waals surface area contributed by atoms with Crippen LogP contribution in [-0.2, 0) is 4.74 Å². The van der Waals surface area contributed by atoms with E-state index in [1.165, 1.54) is 0 Å². The molecule has 2 nitrogen and oxygen atoms in total. The van der Waals surface area contributed by atoms with E-state index in [4.69, 9.17) is 10.5 Å². The Kier molecular flexibility index (Phi) is 4.19. The molecule has 0 atom stereocenters. The van der Waals surface area contributed by atoms with Gasteiger partial charge in [-0.25, -0.2) is 0 Å². The molecule has 0 aliphatic heterocycles. The smallest absolute Gasteiger partial charge is 0.0861 e. The van der Waals surface area contributed by atoms with Crippen molar-refractivity contribution < 1.29 is 4.74 Å². The quantitative estimate of drug-likeness (QED) is 0.663. The Balaban J connectivity index is 3.78. The van der Waals surface area contributed by atoms with Gasteiger partial charge < -0.3 is 10.5 Å². The number of rotatable bonds is 5. The van der Waals surface area contributed by atoms with Crippen molar-refractivity contribution in [3.8, 4) is 0 Å². The Labute approximate surface area is 69.4 Å². The van der Waals surface area contributed by atoms with Gasteiger partial charge in [-0.3, -0.25) is 0 Å². The second-order valence-electron chi connectivity index (χ2n) is 3.10.